The number of carbonyl (C=O) groups excluding carboxylic acids is 1. The van der Waals surface area contributed by atoms with E-state index in [1.54, 1.807) is 11.3 Å². The number of carbonyl (C=O) groups is 1. The number of nitrogens with one attached hydrogen (secondary N) is 1. The number of benzene rings is 1. The number of hydrogen-bond donors (Lipinski definition) is 1. The second-order valence-electron chi connectivity index (χ2n) is 7.62. The Labute approximate surface area is 178 Å². The van der Waals surface area contributed by atoms with Gasteiger partial charge in [0, 0.05) is 31.6 Å². The first-order chi connectivity index (χ1) is 14.2. The molecule has 29 heavy (non-hydrogen) atoms. The van der Waals surface area contributed by atoms with Gasteiger partial charge in [0.25, 0.3) is 0 Å². The van der Waals surface area contributed by atoms with Crippen LogP contribution in [0.25, 0.3) is 10.7 Å². The van der Waals surface area contributed by atoms with Crippen molar-refractivity contribution < 1.29 is 4.79 Å². The summed E-state index contributed by atoms with van der Waals surface area (Å²) in [4.78, 5) is 15.7. The number of hydrogen-bond acceptors (Lipinski definition) is 5. The second kappa shape index (κ2) is 7.85. The number of nitrogens with zero attached hydrogens (tertiary/aromatic N) is 4. The number of rotatable bonds is 5. The van der Waals surface area contributed by atoms with Gasteiger partial charge in [0.1, 0.15) is 0 Å². The van der Waals surface area contributed by atoms with E-state index in [1.165, 1.54) is 0 Å². The van der Waals surface area contributed by atoms with Gasteiger partial charge in [0.05, 0.1) is 11.5 Å². The van der Waals surface area contributed by atoms with Gasteiger partial charge in [-0.1, -0.05) is 36.4 Å². The van der Waals surface area contributed by atoms with Crippen LogP contribution < -0.4 is 5.32 Å². The van der Waals surface area contributed by atoms with Gasteiger partial charge in [-0.05, 0) is 42.1 Å². The Hall–Kier alpha value is -2.29. The number of aromatic nitrogens is 3. The van der Waals surface area contributed by atoms with E-state index in [-0.39, 0.29) is 11.9 Å². The molecule has 2 fully saturated rings. The van der Waals surface area contributed by atoms with E-state index >= 15 is 0 Å². The second-order valence-corrected chi connectivity index (χ2v) is 8.93. The Morgan fingerprint density at radius 2 is 2.00 bits per heavy atom. The summed E-state index contributed by atoms with van der Waals surface area (Å²) in [7, 11) is 0. The molecule has 0 radical (unpaired) electrons. The van der Waals surface area contributed by atoms with Crippen molar-refractivity contribution in [1.82, 2.24) is 24.6 Å². The molecule has 2 aromatic heterocycles. The Morgan fingerprint density at radius 3 is 2.72 bits per heavy atom. The molecule has 1 saturated heterocycles. The lowest BCUT2D eigenvalue weighted by molar-refractivity contribution is -0.121. The molecule has 1 amide bonds. The van der Waals surface area contributed by atoms with Gasteiger partial charge in [-0.2, -0.15) is 0 Å². The lowest BCUT2D eigenvalue weighted by Gasteiger charge is -2.29. The summed E-state index contributed by atoms with van der Waals surface area (Å²) in [6.45, 7) is 1.97. The van der Waals surface area contributed by atoms with Gasteiger partial charge >= 0.3 is 0 Å². The van der Waals surface area contributed by atoms with Crippen LogP contribution in [0, 0.1) is 4.77 Å². The fourth-order valence-electron chi connectivity index (χ4n) is 3.96. The summed E-state index contributed by atoms with van der Waals surface area (Å²) in [6.07, 6.45) is 2.76. The molecule has 3 heterocycles. The molecule has 1 atom stereocenters. The normalized spacial score (nSPS) is 20.4. The van der Waals surface area contributed by atoms with Crippen LogP contribution in [0.1, 0.15) is 36.9 Å². The highest BCUT2D eigenvalue weighted by molar-refractivity contribution is 7.71. The molecule has 1 aliphatic carbocycles. The van der Waals surface area contributed by atoms with Crippen LogP contribution in [0.2, 0.25) is 0 Å². The van der Waals surface area contributed by atoms with Crippen molar-refractivity contribution in [2.24, 2.45) is 0 Å². The molecule has 1 N–H and O–H groups in total. The van der Waals surface area contributed by atoms with E-state index < -0.39 is 0 Å². The Morgan fingerprint density at radius 1 is 1.17 bits per heavy atom. The first-order valence-corrected chi connectivity index (χ1v) is 11.3. The number of amides is 1. The van der Waals surface area contributed by atoms with Gasteiger partial charge in [-0.15, -0.1) is 16.4 Å². The lowest BCUT2D eigenvalue weighted by Crippen LogP contribution is -2.33. The van der Waals surface area contributed by atoms with Crippen LogP contribution in [0.4, 0.5) is 0 Å². The maximum absolute atomic E-state index is 12.3. The largest absolute Gasteiger partial charge is 0.355 e. The van der Waals surface area contributed by atoms with Crippen molar-refractivity contribution in [2.45, 2.75) is 38.0 Å². The van der Waals surface area contributed by atoms with Crippen molar-refractivity contribution >= 4 is 29.5 Å². The zero-order valence-electron chi connectivity index (χ0n) is 16.0. The molecule has 8 heteroatoms. The molecule has 5 rings (SSSR count). The minimum absolute atomic E-state index is 0.0110. The molecular formula is C21H23N5OS2. The summed E-state index contributed by atoms with van der Waals surface area (Å²) >= 11 is 7.54. The standard InChI is InChI=1S/C21H23N5OS2/c27-19-13-17(15-5-2-1-3-6-15)24(11-10-22-19)14-25-21(28)26(16-8-9-16)20(23-25)18-7-4-12-29-18/h1-7,12,16-17H,8-11,13-14H2,(H,22,27)/t17-/m0/s1. The summed E-state index contributed by atoms with van der Waals surface area (Å²) in [5, 5.41) is 10.0. The van der Waals surface area contributed by atoms with E-state index in [9.17, 15) is 4.79 Å². The maximum atomic E-state index is 12.3. The fourth-order valence-corrected chi connectivity index (χ4v) is 5.00. The third-order valence-corrected chi connectivity index (χ3v) is 6.84. The highest BCUT2D eigenvalue weighted by Crippen LogP contribution is 2.39. The SMILES string of the molecule is O=C1C[C@@H](c2ccccc2)N(Cn2nc(-c3cccs3)n(C3CC3)c2=S)CCN1. The third kappa shape index (κ3) is 3.80. The van der Waals surface area contributed by atoms with Crippen molar-refractivity contribution in [3.63, 3.8) is 0 Å². The molecule has 1 saturated carbocycles. The van der Waals surface area contributed by atoms with Crippen molar-refractivity contribution in [1.29, 1.82) is 0 Å². The first kappa shape index (κ1) is 18.7. The topological polar surface area (TPSA) is 55.1 Å². The van der Waals surface area contributed by atoms with Crippen LogP contribution in [-0.4, -0.2) is 38.2 Å². The van der Waals surface area contributed by atoms with Gasteiger partial charge in [-0.3, -0.25) is 14.3 Å². The Balaban J connectivity index is 1.50. The van der Waals surface area contributed by atoms with Crippen molar-refractivity contribution in [3.05, 3.63) is 58.2 Å². The molecule has 0 spiro atoms. The van der Waals surface area contributed by atoms with Crippen LogP contribution in [0.15, 0.2) is 47.8 Å². The summed E-state index contributed by atoms with van der Waals surface area (Å²) < 4.78 is 4.93. The average molecular weight is 426 g/mol. The molecule has 6 nitrogen and oxygen atoms in total. The smallest absolute Gasteiger partial charge is 0.221 e. The zero-order chi connectivity index (χ0) is 19.8. The molecule has 150 valence electrons. The predicted octanol–water partition coefficient (Wildman–Crippen LogP) is 4.00. The fraction of sp³-hybridized carbons (Fsp3) is 0.381. The monoisotopic (exact) mass is 425 g/mol. The summed E-state index contributed by atoms with van der Waals surface area (Å²) in [5.74, 6) is 1.06. The van der Waals surface area contributed by atoms with Crippen LogP contribution in [-0.2, 0) is 11.5 Å². The van der Waals surface area contributed by atoms with E-state index in [4.69, 9.17) is 17.3 Å². The van der Waals surface area contributed by atoms with E-state index in [0.29, 0.717) is 25.7 Å². The predicted molar refractivity (Wildman–Crippen MR) is 116 cm³/mol. The third-order valence-electron chi connectivity index (χ3n) is 5.56. The van der Waals surface area contributed by atoms with Crippen LogP contribution >= 0.6 is 23.6 Å². The summed E-state index contributed by atoms with van der Waals surface area (Å²) in [5.41, 5.74) is 1.15. The van der Waals surface area contributed by atoms with E-state index in [2.05, 4.69) is 44.4 Å². The molecule has 2 aliphatic rings. The minimum Gasteiger partial charge on any atom is -0.355 e. The van der Waals surface area contributed by atoms with Crippen LogP contribution in [0.5, 0.6) is 0 Å². The Bertz CT molecular complexity index is 1050. The molecular weight excluding hydrogens is 402 g/mol. The van der Waals surface area contributed by atoms with E-state index in [1.807, 2.05) is 22.9 Å². The Kier molecular flexibility index (Phi) is 5.07. The number of thiophene rings is 1. The van der Waals surface area contributed by atoms with Gasteiger partial charge in [0.2, 0.25) is 5.91 Å². The summed E-state index contributed by atoms with van der Waals surface area (Å²) in [6, 6.07) is 14.9. The molecule has 1 aliphatic heterocycles. The lowest BCUT2D eigenvalue weighted by atomic mass is 10.0. The molecule has 0 bridgehead atoms. The van der Waals surface area contributed by atoms with Crippen LogP contribution in [0.3, 0.4) is 0 Å². The highest BCUT2D eigenvalue weighted by Gasteiger charge is 2.31. The van der Waals surface area contributed by atoms with Gasteiger partial charge in [-0.25, -0.2) is 4.68 Å². The molecule has 1 aromatic carbocycles. The van der Waals surface area contributed by atoms with E-state index in [0.717, 1.165) is 40.4 Å². The average Bonchev–Trinajstić information content (AvgIpc) is 3.36. The zero-order valence-corrected chi connectivity index (χ0v) is 17.7. The highest BCUT2D eigenvalue weighted by atomic mass is 32.1. The van der Waals surface area contributed by atoms with Crippen molar-refractivity contribution in [2.75, 3.05) is 13.1 Å². The molecule has 0 unspecified atom stereocenters. The molecule has 3 aromatic rings. The van der Waals surface area contributed by atoms with Gasteiger partial charge < -0.3 is 5.32 Å². The van der Waals surface area contributed by atoms with Crippen molar-refractivity contribution in [3.8, 4) is 10.7 Å². The quantitative estimate of drug-likeness (QED) is 0.628. The first-order valence-electron chi connectivity index (χ1n) is 9.99. The minimum atomic E-state index is 0.0110. The van der Waals surface area contributed by atoms with Gasteiger partial charge in [0.15, 0.2) is 10.6 Å². The maximum Gasteiger partial charge on any atom is 0.221 e.